The molecule has 0 radical (unpaired) electrons. The van der Waals surface area contributed by atoms with Gasteiger partial charge >= 0.3 is 0 Å². The minimum Gasteiger partial charge on any atom is -0.494 e. The average Bonchev–Trinajstić information content (AvgIpc) is 3.43. The molecule has 0 fully saturated rings. The highest BCUT2D eigenvalue weighted by atomic mass is 35.5. The van der Waals surface area contributed by atoms with Crippen LogP contribution in [0.3, 0.4) is 0 Å². The van der Waals surface area contributed by atoms with Crippen molar-refractivity contribution in [2.75, 3.05) is 20.7 Å². The molecule has 4 aromatic rings. The predicted octanol–water partition coefficient (Wildman–Crippen LogP) is 8.06. The Bertz CT molecular complexity index is 1540. The lowest BCUT2D eigenvalue weighted by Crippen LogP contribution is -2.18. The largest absolute Gasteiger partial charge is 0.494 e. The summed E-state index contributed by atoms with van der Waals surface area (Å²) in [5.74, 6) is -0.157. The van der Waals surface area contributed by atoms with Gasteiger partial charge in [0.1, 0.15) is 17.4 Å². The maximum Gasteiger partial charge on any atom is 0.245 e. The second-order valence-corrected chi connectivity index (χ2v) is 10.0. The first-order valence-corrected chi connectivity index (χ1v) is 13.6. The quantitative estimate of drug-likeness (QED) is 0.114. The summed E-state index contributed by atoms with van der Waals surface area (Å²) in [5.41, 5.74) is 3.89. The summed E-state index contributed by atoms with van der Waals surface area (Å²) in [7, 11) is 3.44. The Morgan fingerprint density at radius 1 is 1.05 bits per heavy atom. The Balaban J connectivity index is 1.59. The number of amides is 1. The summed E-state index contributed by atoms with van der Waals surface area (Å²) in [4.78, 5) is 13.1. The van der Waals surface area contributed by atoms with Gasteiger partial charge in [0.05, 0.1) is 28.7 Å². The summed E-state index contributed by atoms with van der Waals surface area (Å²) in [6.45, 7) is 2.50. The van der Waals surface area contributed by atoms with Gasteiger partial charge in [0.15, 0.2) is 0 Å². The Kier molecular flexibility index (Phi) is 9.72. The number of ether oxygens (including phenoxy) is 1. The van der Waals surface area contributed by atoms with Crippen LogP contribution in [0.4, 0.5) is 8.78 Å². The molecule has 1 heterocycles. The second-order valence-electron chi connectivity index (χ2n) is 9.59. The van der Waals surface area contributed by atoms with Crippen molar-refractivity contribution >= 4 is 39.6 Å². The molecule has 0 bridgehead atoms. The van der Waals surface area contributed by atoms with E-state index in [2.05, 4.69) is 10.2 Å². The van der Waals surface area contributed by atoms with Gasteiger partial charge in [0, 0.05) is 19.7 Å². The Hall–Kier alpha value is -3.97. The predicted molar refractivity (Wildman–Crippen MR) is 157 cm³/mol. The van der Waals surface area contributed by atoms with E-state index in [1.165, 1.54) is 23.2 Å². The topological polar surface area (TPSA) is 58.2 Å². The fourth-order valence-electron chi connectivity index (χ4n) is 4.51. The zero-order valence-electron chi connectivity index (χ0n) is 22.8. The molecular weight excluding hydrogens is 532 g/mol. The monoisotopic (exact) mass is 563 g/mol. The summed E-state index contributed by atoms with van der Waals surface area (Å²) in [5, 5.41) is 7.43. The maximum atomic E-state index is 15.8. The molecule has 8 heteroatoms. The SMILES string of the molecule is CC/C(=C(/c1ccc(OCCCC/C=C/C(=O)N(C)C)cc1)c1ccc2[nH]ncc2c1F)c1ccc(F)cc1Cl. The highest BCUT2D eigenvalue weighted by Gasteiger charge is 2.20. The van der Waals surface area contributed by atoms with E-state index in [1.807, 2.05) is 37.3 Å². The van der Waals surface area contributed by atoms with E-state index in [-0.39, 0.29) is 10.9 Å². The number of halogens is 3. The molecule has 5 nitrogen and oxygen atoms in total. The number of unbranched alkanes of at least 4 members (excludes halogenated alkanes) is 2. The van der Waals surface area contributed by atoms with E-state index in [4.69, 9.17) is 16.3 Å². The van der Waals surface area contributed by atoms with Gasteiger partial charge < -0.3 is 9.64 Å². The molecule has 0 aliphatic carbocycles. The summed E-state index contributed by atoms with van der Waals surface area (Å²) in [6.07, 6.45) is 8.01. The van der Waals surface area contributed by atoms with Gasteiger partial charge in [-0.2, -0.15) is 5.10 Å². The Morgan fingerprint density at radius 2 is 1.80 bits per heavy atom. The number of benzene rings is 3. The highest BCUT2D eigenvalue weighted by molar-refractivity contribution is 6.32. The first-order chi connectivity index (χ1) is 19.3. The number of aromatic nitrogens is 2. The molecule has 0 aliphatic rings. The number of likely N-dealkylation sites (N-methyl/N-ethyl adjacent to an activating group) is 1. The number of allylic oxidation sites excluding steroid dienone is 2. The number of carbonyl (C=O) groups excluding carboxylic acids is 1. The summed E-state index contributed by atoms with van der Waals surface area (Å²) in [6, 6.07) is 15.3. The molecular formula is C32H32ClF2N3O2. The van der Waals surface area contributed by atoms with Gasteiger partial charge in [0.25, 0.3) is 0 Å². The number of rotatable bonds is 11. The summed E-state index contributed by atoms with van der Waals surface area (Å²) >= 11 is 6.47. The van der Waals surface area contributed by atoms with Crippen molar-refractivity contribution in [3.05, 3.63) is 106 Å². The van der Waals surface area contributed by atoms with Gasteiger partial charge in [-0.15, -0.1) is 0 Å². The Morgan fingerprint density at radius 3 is 2.50 bits per heavy atom. The van der Waals surface area contributed by atoms with Crippen molar-refractivity contribution in [3.8, 4) is 5.75 Å². The Labute approximate surface area is 238 Å². The lowest BCUT2D eigenvalue weighted by molar-refractivity contribution is -0.123. The number of nitrogens with zero attached hydrogens (tertiary/aromatic N) is 2. The van der Waals surface area contributed by atoms with E-state index in [9.17, 15) is 9.18 Å². The first-order valence-electron chi connectivity index (χ1n) is 13.2. The third kappa shape index (κ3) is 6.77. The van der Waals surface area contributed by atoms with Gasteiger partial charge in [-0.05, 0) is 90.4 Å². The van der Waals surface area contributed by atoms with Crippen LogP contribution in [0.5, 0.6) is 5.75 Å². The van der Waals surface area contributed by atoms with Crippen molar-refractivity contribution in [3.63, 3.8) is 0 Å². The van der Waals surface area contributed by atoms with Crippen molar-refractivity contribution in [1.29, 1.82) is 0 Å². The number of hydrogen-bond donors (Lipinski definition) is 1. The van der Waals surface area contributed by atoms with E-state index in [0.717, 1.165) is 30.4 Å². The third-order valence-corrected chi connectivity index (χ3v) is 6.93. The smallest absolute Gasteiger partial charge is 0.245 e. The van der Waals surface area contributed by atoms with Crippen LogP contribution in [-0.4, -0.2) is 41.7 Å². The lowest BCUT2D eigenvalue weighted by Gasteiger charge is -2.18. The maximum absolute atomic E-state index is 15.8. The molecule has 4 rings (SSSR count). The van der Waals surface area contributed by atoms with Gasteiger partial charge in [-0.3, -0.25) is 9.89 Å². The van der Waals surface area contributed by atoms with E-state index in [1.54, 1.807) is 38.4 Å². The van der Waals surface area contributed by atoms with Crippen LogP contribution in [0.2, 0.25) is 5.02 Å². The van der Waals surface area contributed by atoms with Crippen LogP contribution in [-0.2, 0) is 4.79 Å². The fraction of sp³-hybridized carbons (Fsp3) is 0.250. The van der Waals surface area contributed by atoms with Crippen LogP contribution in [0.1, 0.15) is 49.3 Å². The molecule has 0 unspecified atom stereocenters. The van der Waals surface area contributed by atoms with E-state index in [0.29, 0.717) is 46.4 Å². The molecule has 1 amide bonds. The first kappa shape index (κ1) is 29.0. The molecule has 0 aliphatic heterocycles. The number of fused-ring (bicyclic) bond motifs is 1. The molecule has 1 N–H and O–H groups in total. The van der Waals surface area contributed by atoms with Crippen LogP contribution in [0.15, 0.2) is 72.9 Å². The van der Waals surface area contributed by atoms with Gasteiger partial charge in [0.2, 0.25) is 5.91 Å². The average molecular weight is 564 g/mol. The molecule has 0 saturated heterocycles. The van der Waals surface area contributed by atoms with Crippen LogP contribution < -0.4 is 4.74 Å². The number of aromatic amines is 1. The van der Waals surface area contributed by atoms with Crippen molar-refractivity contribution in [1.82, 2.24) is 15.1 Å². The van der Waals surface area contributed by atoms with Gasteiger partial charge in [-0.1, -0.05) is 42.8 Å². The zero-order valence-corrected chi connectivity index (χ0v) is 23.6. The number of carbonyl (C=O) groups is 1. The fourth-order valence-corrected chi connectivity index (χ4v) is 4.79. The number of nitrogens with one attached hydrogen (secondary N) is 1. The number of H-pyrrole nitrogens is 1. The van der Waals surface area contributed by atoms with E-state index >= 15 is 4.39 Å². The molecule has 0 spiro atoms. The van der Waals surface area contributed by atoms with Crippen molar-refractivity contribution in [2.24, 2.45) is 0 Å². The minimum absolute atomic E-state index is 0.0257. The molecule has 0 atom stereocenters. The van der Waals surface area contributed by atoms with E-state index < -0.39 is 11.6 Å². The zero-order chi connectivity index (χ0) is 28.6. The molecule has 40 heavy (non-hydrogen) atoms. The van der Waals surface area contributed by atoms with Crippen molar-refractivity contribution < 1.29 is 18.3 Å². The highest BCUT2D eigenvalue weighted by Crippen LogP contribution is 2.39. The van der Waals surface area contributed by atoms with Crippen LogP contribution in [0, 0.1) is 11.6 Å². The third-order valence-electron chi connectivity index (χ3n) is 6.62. The van der Waals surface area contributed by atoms with Crippen LogP contribution >= 0.6 is 11.6 Å². The lowest BCUT2D eigenvalue weighted by atomic mass is 9.87. The minimum atomic E-state index is -0.434. The standard InChI is InChI=1S/C32H32ClF2N3O2/c1-4-24(25-15-12-22(34)19-28(25)33)31(26-16-17-29-27(32(26)35)20-36-37-29)21-10-13-23(14-11-21)40-18-8-6-5-7-9-30(39)38(2)3/h7,9-17,19-20H,4-6,8,18H2,1-3H3,(H,36,37)/b9-7+,31-24+. The molecule has 3 aromatic carbocycles. The number of hydrogen-bond acceptors (Lipinski definition) is 3. The van der Waals surface area contributed by atoms with Gasteiger partial charge in [-0.25, -0.2) is 8.78 Å². The normalized spacial score (nSPS) is 12.2. The molecule has 0 saturated carbocycles. The van der Waals surface area contributed by atoms with Crippen LogP contribution in [0.25, 0.3) is 22.0 Å². The van der Waals surface area contributed by atoms with Crippen molar-refractivity contribution in [2.45, 2.75) is 32.6 Å². The molecule has 208 valence electrons. The summed E-state index contributed by atoms with van der Waals surface area (Å²) < 4.78 is 35.6. The second kappa shape index (κ2) is 13.4. The molecule has 1 aromatic heterocycles.